The first-order valence-electron chi connectivity index (χ1n) is 10.9. The zero-order valence-electron chi connectivity index (χ0n) is 18.1. The fraction of sp³-hybridized carbons (Fsp3) is 0.222. The van der Waals surface area contributed by atoms with Gasteiger partial charge in [0.05, 0.1) is 11.8 Å². The summed E-state index contributed by atoms with van der Waals surface area (Å²) in [6, 6.07) is 25.5. The van der Waals surface area contributed by atoms with Crippen molar-refractivity contribution in [2.24, 2.45) is 0 Å². The number of nitrogens with one attached hydrogen (secondary N) is 2. The second-order valence-corrected chi connectivity index (χ2v) is 8.18. The summed E-state index contributed by atoms with van der Waals surface area (Å²) in [5.74, 6) is -0.567. The highest BCUT2D eigenvalue weighted by Crippen LogP contribution is 2.36. The summed E-state index contributed by atoms with van der Waals surface area (Å²) in [7, 11) is 0. The van der Waals surface area contributed by atoms with E-state index in [2.05, 4.69) is 22.8 Å². The number of carbonyl (C=O) groups excluding carboxylic acids is 3. The minimum atomic E-state index is -0.697. The highest BCUT2D eigenvalue weighted by atomic mass is 16.2. The van der Waals surface area contributed by atoms with Gasteiger partial charge in [-0.05, 0) is 47.2 Å². The summed E-state index contributed by atoms with van der Waals surface area (Å²) >= 11 is 0. The minimum absolute atomic E-state index is 0.101. The van der Waals surface area contributed by atoms with Crippen molar-refractivity contribution in [3.8, 4) is 11.1 Å². The quantitative estimate of drug-likeness (QED) is 0.565. The largest absolute Gasteiger partial charge is 0.326 e. The summed E-state index contributed by atoms with van der Waals surface area (Å²) in [4.78, 5) is 36.6. The number of carbonyl (C=O) groups is 3. The van der Waals surface area contributed by atoms with E-state index in [0.29, 0.717) is 24.9 Å². The van der Waals surface area contributed by atoms with E-state index in [1.165, 1.54) is 0 Å². The van der Waals surface area contributed by atoms with E-state index in [-0.39, 0.29) is 24.1 Å². The Balaban J connectivity index is 1.40. The van der Waals surface area contributed by atoms with Gasteiger partial charge in [-0.15, -0.1) is 0 Å². The van der Waals surface area contributed by atoms with Crippen LogP contribution in [-0.2, 0) is 26.2 Å². The topological polar surface area (TPSA) is 75.3 Å². The molecule has 0 aromatic heterocycles. The van der Waals surface area contributed by atoms with E-state index in [0.717, 1.165) is 22.3 Å². The van der Waals surface area contributed by atoms with Crippen molar-refractivity contribution in [1.82, 2.24) is 5.32 Å². The average molecular weight is 427 g/mol. The fourth-order valence-corrected chi connectivity index (χ4v) is 4.27. The molecule has 4 rings (SSSR count). The van der Waals surface area contributed by atoms with Gasteiger partial charge in [0.2, 0.25) is 17.7 Å². The van der Waals surface area contributed by atoms with Crippen LogP contribution in [0.25, 0.3) is 11.1 Å². The van der Waals surface area contributed by atoms with E-state index < -0.39 is 5.41 Å². The third-order valence-electron chi connectivity index (χ3n) is 6.22. The zero-order valence-corrected chi connectivity index (χ0v) is 18.1. The molecule has 0 spiro atoms. The number of benzene rings is 3. The number of hydrogen-bond acceptors (Lipinski definition) is 3. The van der Waals surface area contributed by atoms with Crippen LogP contribution in [-0.4, -0.2) is 17.7 Å². The molecule has 0 saturated carbocycles. The van der Waals surface area contributed by atoms with Crippen LogP contribution in [0.1, 0.15) is 37.3 Å². The molecular weight excluding hydrogens is 400 g/mol. The van der Waals surface area contributed by atoms with Crippen molar-refractivity contribution in [3.63, 3.8) is 0 Å². The first-order valence-corrected chi connectivity index (χ1v) is 10.9. The molecule has 1 unspecified atom stereocenters. The van der Waals surface area contributed by atoms with Gasteiger partial charge in [0.25, 0.3) is 0 Å². The van der Waals surface area contributed by atoms with Gasteiger partial charge in [-0.1, -0.05) is 73.7 Å². The maximum Gasteiger partial charge on any atom is 0.237 e. The second kappa shape index (κ2) is 9.18. The first kappa shape index (κ1) is 21.5. The van der Waals surface area contributed by atoms with Crippen LogP contribution in [0.4, 0.5) is 5.69 Å². The monoisotopic (exact) mass is 426 g/mol. The van der Waals surface area contributed by atoms with Crippen LogP contribution >= 0.6 is 0 Å². The average Bonchev–Trinajstić information content (AvgIpc) is 2.81. The number of anilines is 1. The van der Waals surface area contributed by atoms with Crippen LogP contribution in [0.5, 0.6) is 0 Å². The van der Waals surface area contributed by atoms with Crippen LogP contribution in [0.15, 0.2) is 78.9 Å². The lowest BCUT2D eigenvalue weighted by atomic mass is 9.72. The maximum absolute atomic E-state index is 12.5. The third kappa shape index (κ3) is 4.47. The Morgan fingerprint density at radius 3 is 2.19 bits per heavy atom. The molecule has 1 aliphatic rings. The molecule has 5 nitrogen and oxygen atoms in total. The molecule has 1 aliphatic heterocycles. The van der Waals surface area contributed by atoms with E-state index in [4.69, 9.17) is 0 Å². The lowest BCUT2D eigenvalue weighted by Gasteiger charge is -2.35. The molecule has 1 saturated heterocycles. The van der Waals surface area contributed by atoms with Gasteiger partial charge < -0.3 is 5.32 Å². The van der Waals surface area contributed by atoms with Crippen molar-refractivity contribution in [2.45, 2.75) is 38.0 Å². The Hall–Kier alpha value is -3.73. The van der Waals surface area contributed by atoms with Crippen LogP contribution in [0.2, 0.25) is 0 Å². The summed E-state index contributed by atoms with van der Waals surface area (Å²) in [5, 5.41) is 5.38. The Morgan fingerprint density at radius 1 is 0.906 bits per heavy atom. The smallest absolute Gasteiger partial charge is 0.237 e. The molecule has 0 bridgehead atoms. The lowest BCUT2D eigenvalue weighted by Crippen LogP contribution is -2.51. The number of piperidine rings is 1. The van der Waals surface area contributed by atoms with Gasteiger partial charge in [-0.3, -0.25) is 19.7 Å². The number of amides is 3. The second-order valence-electron chi connectivity index (χ2n) is 8.18. The lowest BCUT2D eigenvalue weighted by molar-refractivity contribution is -0.138. The van der Waals surface area contributed by atoms with Gasteiger partial charge in [0, 0.05) is 12.1 Å². The molecule has 1 atom stereocenters. The SMILES string of the molecule is CCC1(c2ccc(NC(=O)Cc3ccc(-c4ccccc4)cc3)cc2)CCC(=O)NC1=O. The number of rotatable bonds is 6. The van der Waals surface area contributed by atoms with E-state index in [1.807, 2.05) is 73.7 Å². The third-order valence-corrected chi connectivity index (χ3v) is 6.22. The van der Waals surface area contributed by atoms with E-state index >= 15 is 0 Å². The number of imide groups is 1. The summed E-state index contributed by atoms with van der Waals surface area (Å²) in [5.41, 5.74) is 4.04. The van der Waals surface area contributed by atoms with Crippen molar-refractivity contribution < 1.29 is 14.4 Å². The molecule has 3 aromatic carbocycles. The molecule has 162 valence electrons. The Labute approximate surface area is 187 Å². The Kier molecular flexibility index (Phi) is 6.17. The van der Waals surface area contributed by atoms with Crippen LogP contribution in [0, 0.1) is 0 Å². The molecule has 5 heteroatoms. The fourth-order valence-electron chi connectivity index (χ4n) is 4.27. The van der Waals surface area contributed by atoms with Gasteiger partial charge in [0.1, 0.15) is 0 Å². The first-order chi connectivity index (χ1) is 15.5. The van der Waals surface area contributed by atoms with Gasteiger partial charge in [0.15, 0.2) is 0 Å². The van der Waals surface area contributed by atoms with E-state index in [1.54, 1.807) is 0 Å². The molecule has 1 fully saturated rings. The predicted octanol–water partition coefficient (Wildman–Crippen LogP) is 4.62. The molecular formula is C27H26N2O3. The standard InChI is InChI=1S/C27H26N2O3/c1-2-27(17-16-24(30)29-26(27)32)22-12-14-23(15-13-22)28-25(31)18-19-8-10-21(11-9-19)20-6-4-3-5-7-20/h3-15H,2,16-18H2,1H3,(H,28,31)(H,29,30,32). The van der Waals surface area contributed by atoms with Crippen LogP contribution in [0.3, 0.4) is 0 Å². The number of hydrogen-bond donors (Lipinski definition) is 2. The predicted molar refractivity (Wildman–Crippen MR) is 125 cm³/mol. The molecule has 0 aliphatic carbocycles. The van der Waals surface area contributed by atoms with Gasteiger partial charge >= 0.3 is 0 Å². The molecule has 1 heterocycles. The van der Waals surface area contributed by atoms with Gasteiger partial charge in [-0.2, -0.15) is 0 Å². The van der Waals surface area contributed by atoms with Crippen LogP contribution < -0.4 is 10.6 Å². The maximum atomic E-state index is 12.5. The minimum Gasteiger partial charge on any atom is -0.326 e. The normalized spacial score (nSPS) is 18.2. The molecule has 3 amide bonds. The van der Waals surface area contributed by atoms with Crippen molar-refractivity contribution in [1.29, 1.82) is 0 Å². The highest BCUT2D eigenvalue weighted by Gasteiger charge is 2.42. The summed E-state index contributed by atoms with van der Waals surface area (Å²) in [6.45, 7) is 1.95. The van der Waals surface area contributed by atoms with Gasteiger partial charge in [-0.25, -0.2) is 0 Å². The van der Waals surface area contributed by atoms with Crippen molar-refractivity contribution in [2.75, 3.05) is 5.32 Å². The van der Waals surface area contributed by atoms with E-state index in [9.17, 15) is 14.4 Å². The summed E-state index contributed by atoms with van der Waals surface area (Å²) < 4.78 is 0. The Bertz CT molecular complexity index is 1120. The molecule has 3 aromatic rings. The highest BCUT2D eigenvalue weighted by molar-refractivity contribution is 6.03. The molecule has 0 radical (unpaired) electrons. The van der Waals surface area contributed by atoms with Crippen molar-refractivity contribution >= 4 is 23.4 Å². The zero-order chi connectivity index (χ0) is 22.6. The Morgan fingerprint density at radius 2 is 1.56 bits per heavy atom. The summed E-state index contributed by atoms with van der Waals surface area (Å²) in [6.07, 6.45) is 1.72. The van der Waals surface area contributed by atoms with Crippen molar-refractivity contribution in [3.05, 3.63) is 90.0 Å². The molecule has 2 N–H and O–H groups in total. The molecule has 32 heavy (non-hydrogen) atoms.